The van der Waals surface area contributed by atoms with Gasteiger partial charge in [0.25, 0.3) is 0 Å². The van der Waals surface area contributed by atoms with E-state index in [0.717, 1.165) is 31.3 Å². The fourth-order valence-electron chi connectivity index (χ4n) is 2.75. The number of hydrogen-bond acceptors (Lipinski definition) is 2. The molecule has 2 atom stereocenters. The van der Waals surface area contributed by atoms with Crippen LogP contribution in [0.2, 0.25) is 0 Å². The largest absolute Gasteiger partial charge is 0.335 e. The molecule has 3 nitrogen and oxygen atoms in total. The zero-order valence-electron chi connectivity index (χ0n) is 9.52. The molecule has 0 spiro atoms. The van der Waals surface area contributed by atoms with Crippen LogP contribution in [0.15, 0.2) is 12.4 Å². The highest BCUT2D eigenvalue weighted by molar-refractivity contribution is 4.96. The molecule has 1 fully saturated rings. The molecule has 0 bridgehead atoms. The lowest BCUT2D eigenvalue weighted by molar-refractivity contribution is 0.382. The molecule has 2 N–H and O–H groups in total. The molecule has 84 valence electrons. The first-order valence-electron chi connectivity index (χ1n) is 6.05. The topological polar surface area (TPSA) is 43.8 Å². The third-order valence-electron chi connectivity index (χ3n) is 3.71. The number of hydrogen-bond donors (Lipinski definition) is 1. The minimum atomic E-state index is 0.729. The molecule has 2 unspecified atom stereocenters. The molecule has 2 rings (SSSR count). The number of aryl methyl sites for hydroxylation is 1. The van der Waals surface area contributed by atoms with Crippen LogP contribution in [0, 0.1) is 11.8 Å². The molecule has 0 aliphatic heterocycles. The maximum absolute atomic E-state index is 5.80. The van der Waals surface area contributed by atoms with Gasteiger partial charge in [-0.25, -0.2) is 4.98 Å². The van der Waals surface area contributed by atoms with Gasteiger partial charge in [-0.2, -0.15) is 0 Å². The van der Waals surface area contributed by atoms with Crippen LogP contribution in [0.1, 0.15) is 32.0 Å². The predicted octanol–water partition coefficient (Wildman–Crippen LogP) is 1.82. The molecule has 0 saturated heterocycles. The Hall–Kier alpha value is -0.830. The Morgan fingerprint density at radius 3 is 3.00 bits per heavy atom. The standard InChI is InChI=1S/C12H21N3/c1-2-15-7-6-14-12(15)8-10-4-3-5-11(10)9-13/h6-7,10-11H,2-5,8-9,13H2,1H3. The lowest BCUT2D eigenvalue weighted by Gasteiger charge is -2.17. The summed E-state index contributed by atoms with van der Waals surface area (Å²) in [7, 11) is 0. The summed E-state index contributed by atoms with van der Waals surface area (Å²) in [6, 6.07) is 0. The van der Waals surface area contributed by atoms with E-state index in [1.807, 2.05) is 6.20 Å². The van der Waals surface area contributed by atoms with Gasteiger partial charge in [0.1, 0.15) is 5.82 Å². The van der Waals surface area contributed by atoms with Crippen molar-refractivity contribution in [3.63, 3.8) is 0 Å². The van der Waals surface area contributed by atoms with Crippen LogP contribution < -0.4 is 5.73 Å². The highest BCUT2D eigenvalue weighted by atomic mass is 15.0. The molecule has 1 aliphatic carbocycles. The van der Waals surface area contributed by atoms with Gasteiger partial charge in [-0.3, -0.25) is 0 Å². The van der Waals surface area contributed by atoms with Crippen molar-refractivity contribution in [1.82, 2.24) is 9.55 Å². The number of nitrogens with zero attached hydrogens (tertiary/aromatic N) is 2. The Morgan fingerprint density at radius 1 is 1.47 bits per heavy atom. The van der Waals surface area contributed by atoms with Gasteiger partial charge in [0.15, 0.2) is 0 Å². The first kappa shape index (κ1) is 10.7. The van der Waals surface area contributed by atoms with Crippen molar-refractivity contribution >= 4 is 0 Å². The minimum Gasteiger partial charge on any atom is -0.335 e. The van der Waals surface area contributed by atoms with E-state index in [2.05, 4.69) is 22.7 Å². The van der Waals surface area contributed by atoms with Gasteiger partial charge >= 0.3 is 0 Å². The van der Waals surface area contributed by atoms with Crippen molar-refractivity contribution in [2.45, 2.75) is 39.2 Å². The van der Waals surface area contributed by atoms with Crippen LogP contribution in [-0.2, 0) is 13.0 Å². The van der Waals surface area contributed by atoms with Crippen LogP contribution >= 0.6 is 0 Å². The average Bonchev–Trinajstić information content (AvgIpc) is 2.87. The van der Waals surface area contributed by atoms with Gasteiger partial charge in [-0.1, -0.05) is 6.42 Å². The number of nitrogens with two attached hydrogens (primary N) is 1. The molecular formula is C12H21N3. The molecule has 0 amide bonds. The quantitative estimate of drug-likeness (QED) is 0.818. The molecule has 1 saturated carbocycles. The predicted molar refractivity (Wildman–Crippen MR) is 61.5 cm³/mol. The maximum Gasteiger partial charge on any atom is 0.108 e. The normalized spacial score (nSPS) is 26.0. The van der Waals surface area contributed by atoms with Gasteiger partial charge in [0.05, 0.1) is 0 Å². The summed E-state index contributed by atoms with van der Waals surface area (Å²) >= 11 is 0. The van der Waals surface area contributed by atoms with Crippen LogP contribution in [-0.4, -0.2) is 16.1 Å². The summed E-state index contributed by atoms with van der Waals surface area (Å²) in [4.78, 5) is 4.44. The smallest absolute Gasteiger partial charge is 0.108 e. The number of imidazole rings is 1. The Labute approximate surface area is 91.7 Å². The van der Waals surface area contributed by atoms with Gasteiger partial charge in [-0.05, 0) is 38.1 Å². The summed E-state index contributed by atoms with van der Waals surface area (Å²) < 4.78 is 2.24. The zero-order chi connectivity index (χ0) is 10.7. The van der Waals surface area contributed by atoms with E-state index in [1.54, 1.807) is 0 Å². The first-order chi connectivity index (χ1) is 7.35. The highest BCUT2D eigenvalue weighted by Gasteiger charge is 2.27. The van der Waals surface area contributed by atoms with E-state index in [9.17, 15) is 0 Å². The minimum absolute atomic E-state index is 0.729. The zero-order valence-corrected chi connectivity index (χ0v) is 9.52. The Morgan fingerprint density at radius 2 is 2.27 bits per heavy atom. The third kappa shape index (κ3) is 2.23. The van der Waals surface area contributed by atoms with Crippen molar-refractivity contribution in [3.8, 4) is 0 Å². The van der Waals surface area contributed by atoms with Gasteiger partial charge < -0.3 is 10.3 Å². The second kappa shape index (κ2) is 4.79. The number of rotatable bonds is 4. The van der Waals surface area contributed by atoms with Crippen LogP contribution in [0.25, 0.3) is 0 Å². The first-order valence-corrected chi connectivity index (χ1v) is 6.05. The average molecular weight is 207 g/mol. The maximum atomic E-state index is 5.80. The Kier molecular flexibility index (Phi) is 3.41. The number of aromatic nitrogens is 2. The van der Waals surface area contributed by atoms with E-state index >= 15 is 0 Å². The fraction of sp³-hybridized carbons (Fsp3) is 0.750. The molecular weight excluding hydrogens is 186 g/mol. The third-order valence-corrected chi connectivity index (χ3v) is 3.71. The van der Waals surface area contributed by atoms with E-state index in [1.165, 1.54) is 25.1 Å². The second-order valence-electron chi connectivity index (χ2n) is 4.52. The molecule has 1 aromatic rings. The van der Waals surface area contributed by atoms with Crippen LogP contribution in [0.3, 0.4) is 0 Å². The van der Waals surface area contributed by atoms with E-state index in [4.69, 9.17) is 5.73 Å². The lowest BCUT2D eigenvalue weighted by atomic mass is 9.93. The summed E-state index contributed by atoms with van der Waals surface area (Å²) in [5.74, 6) is 2.73. The van der Waals surface area contributed by atoms with Crippen LogP contribution in [0.5, 0.6) is 0 Å². The van der Waals surface area contributed by atoms with E-state index in [-0.39, 0.29) is 0 Å². The molecule has 1 heterocycles. The molecule has 0 radical (unpaired) electrons. The van der Waals surface area contributed by atoms with Gasteiger partial charge in [-0.15, -0.1) is 0 Å². The van der Waals surface area contributed by atoms with Crippen molar-refractivity contribution < 1.29 is 0 Å². The highest BCUT2D eigenvalue weighted by Crippen LogP contribution is 2.33. The summed E-state index contributed by atoms with van der Waals surface area (Å²) in [5, 5.41) is 0. The summed E-state index contributed by atoms with van der Waals surface area (Å²) in [6.45, 7) is 4.03. The second-order valence-corrected chi connectivity index (χ2v) is 4.52. The van der Waals surface area contributed by atoms with Gasteiger partial charge in [0, 0.05) is 25.4 Å². The van der Waals surface area contributed by atoms with Gasteiger partial charge in [0.2, 0.25) is 0 Å². The summed E-state index contributed by atoms with van der Waals surface area (Å²) in [6.07, 6.45) is 9.08. The molecule has 1 aromatic heterocycles. The Balaban J connectivity index is 2.01. The van der Waals surface area contributed by atoms with Crippen molar-refractivity contribution in [1.29, 1.82) is 0 Å². The molecule has 3 heteroatoms. The molecule has 1 aliphatic rings. The SMILES string of the molecule is CCn1ccnc1CC1CCCC1CN. The lowest BCUT2D eigenvalue weighted by Crippen LogP contribution is -2.21. The van der Waals surface area contributed by atoms with E-state index < -0.39 is 0 Å². The fourth-order valence-corrected chi connectivity index (χ4v) is 2.75. The monoisotopic (exact) mass is 207 g/mol. The van der Waals surface area contributed by atoms with Crippen molar-refractivity contribution in [2.75, 3.05) is 6.54 Å². The van der Waals surface area contributed by atoms with Crippen molar-refractivity contribution in [3.05, 3.63) is 18.2 Å². The molecule has 15 heavy (non-hydrogen) atoms. The van der Waals surface area contributed by atoms with E-state index in [0.29, 0.717) is 0 Å². The Bertz CT molecular complexity index is 306. The van der Waals surface area contributed by atoms with Crippen LogP contribution in [0.4, 0.5) is 0 Å². The molecule has 0 aromatic carbocycles. The van der Waals surface area contributed by atoms with Crippen molar-refractivity contribution in [2.24, 2.45) is 17.6 Å². The summed E-state index contributed by atoms with van der Waals surface area (Å²) in [5.41, 5.74) is 5.80.